The quantitative estimate of drug-likeness (QED) is 0.716. The minimum Gasteiger partial charge on any atom is -0.494 e. The molecule has 0 bridgehead atoms. The van der Waals surface area contributed by atoms with Crippen molar-refractivity contribution in [2.75, 3.05) is 19.8 Å². The lowest BCUT2D eigenvalue weighted by Gasteiger charge is -2.09. The van der Waals surface area contributed by atoms with Gasteiger partial charge in [0.1, 0.15) is 17.1 Å². The molecule has 1 aromatic carbocycles. The molecule has 0 spiro atoms. The number of rotatable bonds is 7. The number of benzene rings is 1. The third-order valence-electron chi connectivity index (χ3n) is 3.29. The van der Waals surface area contributed by atoms with Crippen molar-refractivity contribution in [1.29, 1.82) is 0 Å². The van der Waals surface area contributed by atoms with E-state index in [4.69, 9.17) is 14.2 Å². The van der Waals surface area contributed by atoms with Gasteiger partial charge in [-0.1, -0.05) is 12.1 Å². The van der Waals surface area contributed by atoms with Crippen LogP contribution >= 0.6 is 0 Å². The van der Waals surface area contributed by atoms with Crippen LogP contribution in [0.25, 0.3) is 11.1 Å². The zero-order chi connectivity index (χ0) is 18.2. The Bertz CT molecular complexity index is 704. The SMILES string of the molecule is CCOC(=O)c1cc(-c2ccc(OCC)cc2)cc(C(=O)OCC)n1. The highest BCUT2D eigenvalue weighted by Crippen LogP contribution is 2.24. The summed E-state index contributed by atoms with van der Waals surface area (Å²) in [6.07, 6.45) is 0. The van der Waals surface area contributed by atoms with E-state index in [9.17, 15) is 9.59 Å². The molecule has 0 aliphatic carbocycles. The van der Waals surface area contributed by atoms with Gasteiger partial charge in [0.25, 0.3) is 0 Å². The number of hydrogen-bond donors (Lipinski definition) is 0. The molecule has 0 radical (unpaired) electrons. The summed E-state index contributed by atoms with van der Waals surface area (Å²) in [6, 6.07) is 10.5. The average Bonchev–Trinajstić information content (AvgIpc) is 2.62. The van der Waals surface area contributed by atoms with E-state index in [1.807, 2.05) is 31.2 Å². The Morgan fingerprint density at radius 1 is 0.800 bits per heavy atom. The molecule has 0 N–H and O–H groups in total. The molecule has 0 fully saturated rings. The third-order valence-corrected chi connectivity index (χ3v) is 3.29. The van der Waals surface area contributed by atoms with Crippen LogP contribution in [0.15, 0.2) is 36.4 Å². The van der Waals surface area contributed by atoms with E-state index < -0.39 is 11.9 Å². The first-order valence-electron chi connectivity index (χ1n) is 8.18. The molecule has 0 saturated heterocycles. The monoisotopic (exact) mass is 343 g/mol. The van der Waals surface area contributed by atoms with Crippen molar-refractivity contribution in [3.63, 3.8) is 0 Å². The molecule has 2 rings (SSSR count). The van der Waals surface area contributed by atoms with Crippen molar-refractivity contribution in [3.8, 4) is 16.9 Å². The Balaban J connectivity index is 2.44. The summed E-state index contributed by atoms with van der Waals surface area (Å²) in [7, 11) is 0. The van der Waals surface area contributed by atoms with Crippen molar-refractivity contribution in [1.82, 2.24) is 4.98 Å². The summed E-state index contributed by atoms with van der Waals surface area (Å²) < 4.78 is 15.4. The summed E-state index contributed by atoms with van der Waals surface area (Å²) in [6.45, 7) is 6.36. The van der Waals surface area contributed by atoms with Crippen LogP contribution in [0.5, 0.6) is 5.75 Å². The van der Waals surface area contributed by atoms with Crippen LogP contribution in [0.3, 0.4) is 0 Å². The summed E-state index contributed by atoms with van der Waals surface area (Å²) in [5.74, 6) is -0.418. The van der Waals surface area contributed by atoms with Crippen molar-refractivity contribution in [3.05, 3.63) is 47.8 Å². The van der Waals surface area contributed by atoms with E-state index in [0.29, 0.717) is 12.2 Å². The van der Waals surface area contributed by atoms with Gasteiger partial charge in [-0.25, -0.2) is 14.6 Å². The van der Waals surface area contributed by atoms with Gasteiger partial charge in [-0.05, 0) is 56.2 Å². The molecule has 0 unspecified atom stereocenters. The minimum atomic E-state index is -0.583. The van der Waals surface area contributed by atoms with Crippen LogP contribution in [-0.4, -0.2) is 36.7 Å². The smallest absolute Gasteiger partial charge is 0.356 e. The van der Waals surface area contributed by atoms with E-state index in [0.717, 1.165) is 11.3 Å². The molecule has 132 valence electrons. The van der Waals surface area contributed by atoms with Gasteiger partial charge in [0.2, 0.25) is 0 Å². The zero-order valence-electron chi connectivity index (χ0n) is 14.6. The number of carbonyl (C=O) groups excluding carboxylic acids is 2. The van der Waals surface area contributed by atoms with E-state index in [1.165, 1.54) is 0 Å². The Morgan fingerprint density at radius 3 is 1.76 bits per heavy atom. The van der Waals surface area contributed by atoms with Crippen LogP contribution in [0.1, 0.15) is 41.7 Å². The highest BCUT2D eigenvalue weighted by Gasteiger charge is 2.17. The largest absolute Gasteiger partial charge is 0.494 e. The Kier molecular flexibility index (Phi) is 6.51. The molecule has 6 heteroatoms. The second kappa shape index (κ2) is 8.82. The topological polar surface area (TPSA) is 74.7 Å². The van der Waals surface area contributed by atoms with Gasteiger partial charge in [-0.3, -0.25) is 0 Å². The van der Waals surface area contributed by atoms with Gasteiger partial charge in [0.15, 0.2) is 0 Å². The number of carbonyl (C=O) groups is 2. The lowest BCUT2D eigenvalue weighted by atomic mass is 10.0. The van der Waals surface area contributed by atoms with Gasteiger partial charge in [-0.2, -0.15) is 0 Å². The maximum Gasteiger partial charge on any atom is 0.356 e. The van der Waals surface area contributed by atoms with E-state index in [2.05, 4.69) is 4.98 Å². The molecular formula is C19H21NO5. The van der Waals surface area contributed by atoms with Crippen LogP contribution < -0.4 is 4.74 Å². The molecule has 25 heavy (non-hydrogen) atoms. The van der Waals surface area contributed by atoms with Crippen molar-refractivity contribution in [2.24, 2.45) is 0 Å². The number of esters is 2. The lowest BCUT2D eigenvalue weighted by Crippen LogP contribution is -2.13. The number of pyridine rings is 1. The molecule has 6 nitrogen and oxygen atoms in total. The first-order chi connectivity index (χ1) is 12.1. The fraction of sp³-hybridized carbons (Fsp3) is 0.316. The molecule has 0 aliphatic rings. The number of ether oxygens (including phenoxy) is 3. The average molecular weight is 343 g/mol. The summed E-state index contributed by atoms with van der Waals surface area (Å²) in [5, 5.41) is 0. The van der Waals surface area contributed by atoms with Crippen LogP contribution in [0, 0.1) is 0 Å². The Hall–Kier alpha value is -2.89. The number of aromatic nitrogens is 1. The van der Waals surface area contributed by atoms with Gasteiger partial charge >= 0.3 is 11.9 Å². The normalized spacial score (nSPS) is 10.2. The summed E-state index contributed by atoms with van der Waals surface area (Å²) in [4.78, 5) is 28.2. The maximum atomic E-state index is 12.0. The molecular weight excluding hydrogens is 322 g/mol. The minimum absolute atomic E-state index is 0.0660. The Morgan fingerprint density at radius 2 is 1.32 bits per heavy atom. The lowest BCUT2D eigenvalue weighted by molar-refractivity contribution is 0.0511. The number of hydrogen-bond acceptors (Lipinski definition) is 6. The van der Waals surface area contributed by atoms with Gasteiger partial charge in [-0.15, -0.1) is 0 Å². The predicted molar refractivity (Wildman–Crippen MR) is 92.8 cm³/mol. The third kappa shape index (κ3) is 4.79. The fourth-order valence-electron chi connectivity index (χ4n) is 2.23. The van der Waals surface area contributed by atoms with Crippen molar-refractivity contribution >= 4 is 11.9 Å². The van der Waals surface area contributed by atoms with E-state index >= 15 is 0 Å². The van der Waals surface area contributed by atoms with Gasteiger partial charge in [0, 0.05) is 0 Å². The molecule has 1 aromatic heterocycles. The second-order valence-electron chi connectivity index (χ2n) is 5.02. The fourth-order valence-corrected chi connectivity index (χ4v) is 2.23. The molecule has 0 aliphatic heterocycles. The van der Waals surface area contributed by atoms with Crippen LogP contribution in [0.4, 0.5) is 0 Å². The predicted octanol–water partition coefficient (Wildman–Crippen LogP) is 3.50. The number of nitrogens with zero attached hydrogens (tertiary/aromatic N) is 1. The highest BCUT2D eigenvalue weighted by atomic mass is 16.5. The van der Waals surface area contributed by atoms with Gasteiger partial charge < -0.3 is 14.2 Å². The molecule has 2 aromatic rings. The first kappa shape index (κ1) is 18.4. The molecule has 0 amide bonds. The van der Waals surface area contributed by atoms with Crippen LogP contribution in [0.2, 0.25) is 0 Å². The molecule has 0 atom stereocenters. The first-order valence-corrected chi connectivity index (χ1v) is 8.18. The highest BCUT2D eigenvalue weighted by molar-refractivity contribution is 5.94. The summed E-state index contributed by atoms with van der Waals surface area (Å²) >= 11 is 0. The van der Waals surface area contributed by atoms with Crippen molar-refractivity contribution < 1.29 is 23.8 Å². The zero-order valence-corrected chi connectivity index (χ0v) is 14.6. The molecule has 0 saturated carbocycles. The standard InChI is InChI=1S/C19H21NO5/c1-4-23-15-9-7-13(8-10-15)14-11-16(18(21)24-5-2)20-17(12-14)19(22)25-6-3/h7-12H,4-6H2,1-3H3. The van der Waals surface area contributed by atoms with Crippen LogP contribution in [-0.2, 0) is 9.47 Å². The van der Waals surface area contributed by atoms with Gasteiger partial charge in [0.05, 0.1) is 19.8 Å². The van der Waals surface area contributed by atoms with E-state index in [-0.39, 0.29) is 24.6 Å². The summed E-state index contributed by atoms with van der Waals surface area (Å²) in [5.41, 5.74) is 1.62. The Labute approximate surface area is 146 Å². The maximum absolute atomic E-state index is 12.0. The van der Waals surface area contributed by atoms with E-state index in [1.54, 1.807) is 26.0 Å². The second-order valence-corrected chi connectivity index (χ2v) is 5.02. The molecule has 1 heterocycles. The van der Waals surface area contributed by atoms with Crippen molar-refractivity contribution in [2.45, 2.75) is 20.8 Å².